The van der Waals surface area contributed by atoms with Gasteiger partial charge in [-0.05, 0) is 79.6 Å². The van der Waals surface area contributed by atoms with Gasteiger partial charge in [-0.2, -0.15) is 5.01 Å². The van der Waals surface area contributed by atoms with E-state index < -0.39 is 47.9 Å². The topological polar surface area (TPSA) is 101 Å². The molecule has 1 saturated heterocycles. The lowest BCUT2D eigenvalue weighted by molar-refractivity contribution is -0.154. The Hall–Kier alpha value is -3.98. The highest BCUT2D eigenvalue weighted by molar-refractivity contribution is 6.36. The first-order chi connectivity index (χ1) is 19.6. The molecular weight excluding hydrogens is 591 g/mol. The normalized spacial score (nSPS) is 17.8. The number of hydrazine groups is 1. The highest BCUT2D eigenvalue weighted by Crippen LogP contribution is 2.36. The Bertz CT molecular complexity index is 1560. The number of ether oxygens (including phenoxy) is 1. The number of benzene rings is 3. The van der Waals surface area contributed by atoms with Crippen molar-refractivity contribution >= 4 is 64.3 Å². The molecule has 3 amide bonds. The quantitative estimate of drug-likeness (QED) is 0.106. The Kier molecular flexibility index (Phi) is 8.26. The maximum absolute atomic E-state index is 13.6. The first-order valence-corrected chi connectivity index (χ1v) is 13.7. The Morgan fingerprint density at radius 1 is 0.780 bits per heavy atom. The second kappa shape index (κ2) is 11.9. The lowest BCUT2D eigenvalue weighted by Crippen LogP contribution is -2.52. The van der Waals surface area contributed by atoms with E-state index >= 15 is 0 Å². The molecule has 2 aliphatic rings. The number of ketones is 1. The van der Waals surface area contributed by atoms with Gasteiger partial charge in [0.05, 0.1) is 22.4 Å². The second-order valence-electron chi connectivity index (χ2n) is 9.48. The summed E-state index contributed by atoms with van der Waals surface area (Å²) in [6.07, 6.45) is 4.43. The Balaban J connectivity index is 1.36. The summed E-state index contributed by atoms with van der Waals surface area (Å²) in [6, 6.07) is 15.9. The van der Waals surface area contributed by atoms with Gasteiger partial charge in [-0.25, -0.2) is 9.80 Å². The van der Waals surface area contributed by atoms with Crippen LogP contribution >= 0.6 is 34.8 Å². The molecule has 5 rings (SSSR count). The molecule has 11 heteroatoms. The Labute approximate surface area is 250 Å². The number of carbonyl (C=O) groups is 5. The van der Waals surface area contributed by atoms with Gasteiger partial charge in [-0.1, -0.05) is 47.0 Å². The van der Waals surface area contributed by atoms with Crippen molar-refractivity contribution < 1.29 is 28.7 Å². The molecule has 1 heterocycles. The van der Waals surface area contributed by atoms with Crippen LogP contribution in [-0.2, 0) is 9.59 Å². The van der Waals surface area contributed by atoms with Crippen LogP contribution < -0.4 is 4.74 Å². The van der Waals surface area contributed by atoms with Crippen LogP contribution in [0.15, 0.2) is 78.9 Å². The number of hydrogen-bond acceptors (Lipinski definition) is 6. The fraction of sp³-hybridized carbons (Fsp3) is 0.167. The zero-order valence-electron chi connectivity index (χ0n) is 21.3. The summed E-state index contributed by atoms with van der Waals surface area (Å²) < 4.78 is 5.35. The molecule has 2 atom stereocenters. The number of hydrogen-bond donors (Lipinski definition) is 0. The molecule has 208 valence electrons. The number of rotatable bonds is 7. The largest absolute Gasteiger partial charge is 0.423 e. The highest BCUT2D eigenvalue weighted by atomic mass is 35.5. The van der Waals surface area contributed by atoms with E-state index in [-0.39, 0.29) is 27.5 Å². The Morgan fingerprint density at radius 3 is 1.93 bits per heavy atom. The molecule has 3 aromatic carbocycles. The minimum Gasteiger partial charge on any atom is -0.423 e. The number of allylic oxidation sites excluding steroid dienone is 2. The molecule has 0 N–H and O–H groups in total. The summed E-state index contributed by atoms with van der Waals surface area (Å²) >= 11 is 17.9. The van der Waals surface area contributed by atoms with Crippen molar-refractivity contribution in [1.29, 1.82) is 0 Å². The number of fused-ring (bicyclic) bond motifs is 1. The number of nitrogens with zero attached hydrogens (tertiary/aromatic N) is 2. The van der Waals surface area contributed by atoms with Crippen molar-refractivity contribution in [2.45, 2.75) is 12.8 Å². The van der Waals surface area contributed by atoms with Crippen molar-refractivity contribution in [1.82, 2.24) is 10.0 Å². The molecule has 0 spiro atoms. The van der Waals surface area contributed by atoms with Crippen LogP contribution in [0.2, 0.25) is 15.1 Å². The van der Waals surface area contributed by atoms with E-state index in [1.807, 2.05) is 12.2 Å². The average Bonchev–Trinajstić information content (AvgIpc) is 3.21. The maximum atomic E-state index is 13.6. The third-order valence-electron chi connectivity index (χ3n) is 6.88. The van der Waals surface area contributed by atoms with E-state index in [2.05, 4.69) is 0 Å². The molecular formula is C30H21Cl3N2O6. The van der Waals surface area contributed by atoms with Crippen LogP contribution in [0.1, 0.15) is 43.9 Å². The highest BCUT2D eigenvalue weighted by Gasteiger charge is 2.51. The van der Waals surface area contributed by atoms with Crippen LogP contribution in [0.4, 0.5) is 0 Å². The summed E-state index contributed by atoms with van der Waals surface area (Å²) in [5, 5.41) is 2.59. The van der Waals surface area contributed by atoms with Crippen LogP contribution in [0.5, 0.6) is 5.75 Å². The Morgan fingerprint density at radius 2 is 1.34 bits per heavy atom. The molecule has 1 fully saturated rings. The zero-order valence-corrected chi connectivity index (χ0v) is 23.5. The molecule has 3 aromatic rings. The van der Waals surface area contributed by atoms with Gasteiger partial charge in [0.25, 0.3) is 17.7 Å². The number of Topliss-reactive ketones (excluding diaryl/α,β-unsaturated/α-hetero) is 1. The third kappa shape index (κ3) is 5.91. The summed E-state index contributed by atoms with van der Waals surface area (Å²) in [5.41, 5.74) is 0.434. The van der Waals surface area contributed by atoms with Gasteiger partial charge < -0.3 is 4.74 Å². The molecule has 0 saturated carbocycles. The van der Waals surface area contributed by atoms with Gasteiger partial charge in [0.1, 0.15) is 12.3 Å². The van der Waals surface area contributed by atoms with Gasteiger partial charge in [0.15, 0.2) is 5.78 Å². The summed E-state index contributed by atoms with van der Waals surface area (Å²) in [7, 11) is 0. The molecule has 0 aromatic heterocycles. The van der Waals surface area contributed by atoms with E-state index in [4.69, 9.17) is 39.5 Å². The zero-order chi connectivity index (χ0) is 29.3. The van der Waals surface area contributed by atoms with Crippen molar-refractivity contribution in [3.63, 3.8) is 0 Å². The van der Waals surface area contributed by atoms with Crippen molar-refractivity contribution in [3.05, 3.63) is 111 Å². The molecule has 1 aliphatic heterocycles. The first-order valence-electron chi connectivity index (χ1n) is 12.5. The summed E-state index contributed by atoms with van der Waals surface area (Å²) in [5.74, 6) is -4.04. The predicted molar refractivity (Wildman–Crippen MR) is 152 cm³/mol. The summed E-state index contributed by atoms with van der Waals surface area (Å²) in [4.78, 5) is 66.0. The minimum absolute atomic E-state index is 0.114. The van der Waals surface area contributed by atoms with Crippen LogP contribution in [-0.4, -0.2) is 46.0 Å². The maximum Gasteiger partial charge on any atom is 0.345 e. The van der Waals surface area contributed by atoms with Gasteiger partial charge >= 0.3 is 5.97 Å². The second-order valence-corrected chi connectivity index (χ2v) is 10.8. The molecule has 0 radical (unpaired) electrons. The predicted octanol–water partition coefficient (Wildman–Crippen LogP) is 6.06. The van der Waals surface area contributed by atoms with Crippen LogP contribution in [0.25, 0.3) is 0 Å². The molecule has 8 nitrogen and oxygen atoms in total. The molecule has 1 aliphatic carbocycles. The van der Waals surface area contributed by atoms with E-state index in [1.54, 1.807) is 0 Å². The summed E-state index contributed by atoms with van der Waals surface area (Å²) in [6.45, 7) is -0.578. The van der Waals surface area contributed by atoms with E-state index in [9.17, 15) is 24.0 Å². The van der Waals surface area contributed by atoms with E-state index in [1.165, 1.54) is 66.7 Å². The fourth-order valence-corrected chi connectivity index (χ4v) is 5.36. The van der Waals surface area contributed by atoms with Gasteiger partial charge in [-0.3, -0.25) is 19.2 Å². The lowest BCUT2D eigenvalue weighted by atomic mass is 9.85. The number of halogens is 3. The number of imide groups is 1. The standard InChI is InChI=1S/C30H21Cl3N2O6/c31-19-9-5-18(6-10-19)27(37)34(35-28(38)22-3-1-2-4-23(22)29(35)39)16-26(36)17-7-12-21(13-8-17)41-30(40)24-14-11-20(32)15-25(24)33/h1-2,5-15,22-23H,3-4,16H2/t22-,23-/m0/s1. The minimum atomic E-state index is -0.715. The van der Waals surface area contributed by atoms with Crippen LogP contribution in [0.3, 0.4) is 0 Å². The van der Waals surface area contributed by atoms with Gasteiger partial charge in [-0.15, -0.1) is 0 Å². The van der Waals surface area contributed by atoms with Gasteiger partial charge in [0, 0.05) is 21.2 Å². The van der Waals surface area contributed by atoms with E-state index in [0.717, 1.165) is 10.0 Å². The molecule has 0 unspecified atom stereocenters. The number of esters is 1. The van der Waals surface area contributed by atoms with Gasteiger partial charge in [0.2, 0.25) is 0 Å². The number of carbonyl (C=O) groups excluding carboxylic acids is 5. The monoisotopic (exact) mass is 610 g/mol. The number of amides is 3. The van der Waals surface area contributed by atoms with Crippen molar-refractivity contribution in [2.75, 3.05) is 6.54 Å². The average molecular weight is 612 g/mol. The fourth-order valence-electron chi connectivity index (χ4n) is 4.75. The smallest absolute Gasteiger partial charge is 0.345 e. The van der Waals surface area contributed by atoms with Crippen molar-refractivity contribution in [2.24, 2.45) is 11.8 Å². The lowest BCUT2D eigenvalue weighted by Gasteiger charge is -2.30. The molecule has 0 bridgehead atoms. The SMILES string of the molecule is O=C(CN(C(=O)c1ccc(Cl)cc1)N1C(=O)[C@H]2CC=CC[C@@H]2C1=O)c1ccc(OC(=O)c2ccc(Cl)cc2Cl)cc1. The van der Waals surface area contributed by atoms with Crippen molar-refractivity contribution in [3.8, 4) is 5.75 Å². The van der Waals surface area contributed by atoms with Crippen LogP contribution in [0, 0.1) is 11.8 Å². The third-order valence-corrected chi connectivity index (χ3v) is 7.68. The van der Waals surface area contributed by atoms with E-state index in [0.29, 0.717) is 22.9 Å². The molecule has 41 heavy (non-hydrogen) atoms. The first kappa shape index (κ1) is 28.5.